The topological polar surface area (TPSA) is 52.6 Å². The molecular formula is C16H32N2O2. The first-order chi connectivity index (χ1) is 9.55. The highest BCUT2D eigenvalue weighted by atomic mass is 16.3. The zero-order chi connectivity index (χ0) is 15.0. The van der Waals surface area contributed by atoms with E-state index >= 15 is 0 Å². The molecule has 1 rings (SSSR count). The van der Waals surface area contributed by atoms with Gasteiger partial charge in [-0.05, 0) is 56.5 Å². The summed E-state index contributed by atoms with van der Waals surface area (Å²) in [5.41, 5.74) is 0.0564. The molecule has 1 heterocycles. The van der Waals surface area contributed by atoms with Crippen molar-refractivity contribution in [3.8, 4) is 0 Å². The lowest BCUT2D eigenvalue weighted by molar-refractivity contribution is -0.123. The molecule has 1 amide bonds. The van der Waals surface area contributed by atoms with Crippen molar-refractivity contribution in [2.45, 2.75) is 52.9 Å². The zero-order valence-electron chi connectivity index (χ0n) is 13.5. The number of nitrogens with zero attached hydrogens (tertiary/aromatic N) is 1. The quantitative estimate of drug-likeness (QED) is 0.717. The van der Waals surface area contributed by atoms with Gasteiger partial charge in [-0.15, -0.1) is 0 Å². The molecule has 2 N–H and O–H groups in total. The maximum Gasteiger partial charge on any atom is 0.234 e. The van der Waals surface area contributed by atoms with Crippen LogP contribution >= 0.6 is 0 Å². The summed E-state index contributed by atoms with van der Waals surface area (Å²) < 4.78 is 0. The van der Waals surface area contributed by atoms with Crippen LogP contribution in [0.1, 0.15) is 52.9 Å². The van der Waals surface area contributed by atoms with Crippen molar-refractivity contribution in [1.29, 1.82) is 0 Å². The number of piperidine rings is 1. The first-order valence-electron chi connectivity index (χ1n) is 8.15. The third-order valence-electron chi connectivity index (χ3n) is 5.05. The number of likely N-dealkylation sites (tertiary alicyclic amines) is 1. The van der Waals surface area contributed by atoms with Gasteiger partial charge < -0.3 is 10.4 Å². The number of carbonyl (C=O) groups is 1. The molecular weight excluding hydrogens is 252 g/mol. The van der Waals surface area contributed by atoms with Gasteiger partial charge in [-0.25, -0.2) is 0 Å². The van der Waals surface area contributed by atoms with Crippen LogP contribution < -0.4 is 5.32 Å². The molecule has 0 aromatic rings. The number of nitrogens with one attached hydrogen (secondary N) is 1. The third-order valence-corrected chi connectivity index (χ3v) is 5.05. The van der Waals surface area contributed by atoms with Gasteiger partial charge >= 0.3 is 0 Å². The maximum absolute atomic E-state index is 12.1. The van der Waals surface area contributed by atoms with Crippen LogP contribution in [0.4, 0.5) is 0 Å². The molecule has 1 aliphatic heterocycles. The minimum Gasteiger partial charge on any atom is -0.396 e. The Morgan fingerprint density at radius 2 is 1.90 bits per heavy atom. The summed E-state index contributed by atoms with van der Waals surface area (Å²) in [5.74, 6) is 0.926. The molecule has 1 fully saturated rings. The molecule has 1 aliphatic rings. The predicted molar refractivity (Wildman–Crippen MR) is 82.6 cm³/mol. The van der Waals surface area contributed by atoms with Crippen molar-refractivity contribution in [2.24, 2.45) is 11.3 Å². The van der Waals surface area contributed by atoms with Gasteiger partial charge in [-0.2, -0.15) is 0 Å². The van der Waals surface area contributed by atoms with Crippen LogP contribution in [-0.2, 0) is 4.79 Å². The Kier molecular flexibility index (Phi) is 7.52. The number of carbonyl (C=O) groups excluding carboxylic acids is 1. The number of hydrogen-bond donors (Lipinski definition) is 2. The van der Waals surface area contributed by atoms with Crippen molar-refractivity contribution < 1.29 is 9.90 Å². The molecule has 0 aromatic heterocycles. The van der Waals surface area contributed by atoms with Crippen molar-refractivity contribution in [2.75, 3.05) is 32.8 Å². The Labute approximate surface area is 123 Å². The first kappa shape index (κ1) is 17.4. The second-order valence-corrected chi connectivity index (χ2v) is 6.42. The largest absolute Gasteiger partial charge is 0.396 e. The minimum atomic E-state index is 0.0564. The molecule has 0 saturated carbocycles. The number of rotatable bonds is 8. The highest BCUT2D eigenvalue weighted by molar-refractivity contribution is 5.78. The normalized spacial score (nSPS) is 18.2. The second kappa shape index (κ2) is 8.63. The lowest BCUT2D eigenvalue weighted by atomic mass is 9.79. The molecule has 1 saturated heterocycles. The van der Waals surface area contributed by atoms with Crippen LogP contribution in [0.5, 0.6) is 0 Å². The molecule has 118 valence electrons. The fraction of sp³-hybridized carbons (Fsp3) is 0.938. The second-order valence-electron chi connectivity index (χ2n) is 6.42. The molecule has 0 radical (unpaired) electrons. The van der Waals surface area contributed by atoms with E-state index in [2.05, 4.69) is 31.0 Å². The van der Waals surface area contributed by atoms with Gasteiger partial charge in [0.1, 0.15) is 0 Å². The fourth-order valence-electron chi connectivity index (χ4n) is 2.94. The maximum atomic E-state index is 12.1. The molecule has 0 aromatic carbocycles. The monoisotopic (exact) mass is 284 g/mol. The van der Waals surface area contributed by atoms with Gasteiger partial charge in [0.15, 0.2) is 0 Å². The van der Waals surface area contributed by atoms with Gasteiger partial charge in [0, 0.05) is 13.2 Å². The Bertz CT molecular complexity index is 282. The van der Waals surface area contributed by atoms with Gasteiger partial charge in [0.2, 0.25) is 5.91 Å². The Morgan fingerprint density at radius 1 is 1.30 bits per heavy atom. The molecule has 4 nitrogen and oxygen atoms in total. The van der Waals surface area contributed by atoms with Crippen molar-refractivity contribution in [1.82, 2.24) is 10.2 Å². The van der Waals surface area contributed by atoms with Crippen LogP contribution in [0.25, 0.3) is 0 Å². The average molecular weight is 284 g/mol. The van der Waals surface area contributed by atoms with Gasteiger partial charge in [-0.1, -0.05) is 20.8 Å². The zero-order valence-corrected chi connectivity index (χ0v) is 13.5. The number of aliphatic hydroxyl groups excluding tert-OH is 1. The van der Waals surface area contributed by atoms with E-state index < -0.39 is 0 Å². The SMILES string of the molecule is CCC(CC)(CCO)CNC(=O)CN1CCC(C)CC1. The number of aliphatic hydroxyl groups is 1. The van der Waals surface area contributed by atoms with Crippen LogP contribution in [-0.4, -0.2) is 48.7 Å². The minimum absolute atomic E-state index is 0.0564. The fourth-order valence-corrected chi connectivity index (χ4v) is 2.94. The highest BCUT2D eigenvalue weighted by Crippen LogP contribution is 2.29. The van der Waals surface area contributed by atoms with Crippen LogP contribution in [0.2, 0.25) is 0 Å². The van der Waals surface area contributed by atoms with E-state index in [0.717, 1.165) is 38.3 Å². The smallest absolute Gasteiger partial charge is 0.234 e. The van der Waals surface area contributed by atoms with E-state index in [0.29, 0.717) is 13.1 Å². The summed E-state index contributed by atoms with van der Waals surface area (Å²) in [4.78, 5) is 14.3. The molecule has 20 heavy (non-hydrogen) atoms. The summed E-state index contributed by atoms with van der Waals surface area (Å²) in [5, 5.41) is 12.3. The summed E-state index contributed by atoms with van der Waals surface area (Å²) in [6.45, 7) is 10.0. The van der Waals surface area contributed by atoms with E-state index in [4.69, 9.17) is 0 Å². The molecule has 4 heteroatoms. The molecule has 0 aliphatic carbocycles. The van der Waals surface area contributed by atoms with E-state index in [9.17, 15) is 9.90 Å². The molecule has 0 atom stereocenters. The first-order valence-corrected chi connectivity index (χ1v) is 8.15. The molecule has 0 spiro atoms. The third kappa shape index (κ3) is 5.41. The Morgan fingerprint density at radius 3 is 2.40 bits per heavy atom. The Hall–Kier alpha value is -0.610. The van der Waals surface area contributed by atoms with Crippen molar-refractivity contribution in [3.05, 3.63) is 0 Å². The van der Waals surface area contributed by atoms with Crippen molar-refractivity contribution >= 4 is 5.91 Å². The average Bonchev–Trinajstić information content (AvgIpc) is 2.46. The van der Waals surface area contributed by atoms with E-state index in [-0.39, 0.29) is 17.9 Å². The highest BCUT2D eigenvalue weighted by Gasteiger charge is 2.26. The van der Waals surface area contributed by atoms with Gasteiger partial charge in [0.05, 0.1) is 6.54 Å². The molecule has 0 unspecified atom stereocenters. The van der Waals surface area contributed by atoms with Crippen LogP contribution in [0.3, 0.4) is 0 Å². The van der Waals surface area contributed by atoms with Gasteiger partial charge in [-0.3, -0.25) is 9.69 Å². The number of hydrogen-bond acceptors (Lipinski definition) is 3. The lowest BCUT2D eigenvalue weighted by Crippen LogP contribution is -2.44. The van der Waals surface area contributed by atoms with Crippen LogP contribution in [0, 0.1) is 11.3 Å². The molecule has 0 bridgehead atoms. The van der Waals surface area contributed by atoms with Crippen LogP contribution in [0.15, 0.2) is 0 Å². The summed E-state index contributed by atoms with van der Waals surface area (Å²) >= 11 is 0. The number of amides is 1. The lowest BCUT2D eigenvalue weighted by Gasteiger charge is -2.33. The van der Waals surface area contributed by atoms with E-state index in [1.165, 1.54) is 12.8 Å². The summed E-state index contributed by atoms with van der Waals surface area (Å²) in [6.07, 6.45) is 5.15. The van der Waals surface area contributed by atoms with Gasteiger partial charge in [0.25, 0.3) is 0 Å². The van der Waals surface area contributed by atoms with E-state index in [1.54, 1.807) is 0 Å². The Balaban J connectivity index is 2.34. The summed E-state index contributed by atoms with van der Waals surface area (Å²) in [6, 6.07) is 0. The summed E-state index contributed by atoms with van der Waals surface area (Å²) in [7, 11) is 0. The predicted octanol–water partition coefficient (Wildman–Crippen LogP) is 2.02. The van der Waals surface area contributed by atoms with E-state index in [1.807, 2.05) is 0 Å². The van der Waals surface area contributed by atoms with Crippen molar-refractivity contribution in [3.63, 3.8) is 0 Å². The standard InChI is InChI=1S/C16H32N2O2/c1-4-16(5-2,8-11-19)13-17-15(20)12-18-9-6-14(3)7-10-18/h14,19H,4-13H2,1-3H3,(H,17,20).